The first-order chi connectivity index (χ1) is 9.90. The van der Waals surface area contributed by atoms with Crippen molar-refractivity contribution in [2.75, 3.05) is 5.32 Å². The highest BCUT2D eigenvalue weighted by atomic mass is 35.5. The SMILES string of the molecule is Cc1cccc(C(=O)Nc2ccc(C(=O)O)c(Cl)c2)c1O. The summed E-state index contributed by atoms with van der Waals surface area (Å²) in [5.74, 6) is -1.74. The number of carboxylic acids is 1. The van der Waals surface area contributed by atoms with E-state index in [1.165, 1.54) is 24.3 Å². The monoisotopic (exact) mass is 305 g/mol. The molecule has 0 atom stereocenters. The number of para-hydroxylation sites is 1. The van der Waals surface area contributed by atoms with Gasteiger partial charge in [-0.3, -0.25) is 4.79 Å². The normalized spacial score (nSPS) is 10.2. The third-order valence-electron chi connectivity index (χ3n) is 2.94. The van der Waals surface area contributed by atoms with E-state index in [-0.39, 0.29) is 21.9 Å². The third kappa shape index (κ3) is 3.14. The van der Waals surface area contributed by atoms with Crippen LogP contribution in [0.4, 0.5) is 5.69 Å². The number of aromatic hydroxyl groups is 1. The number of carboxylic acid groups (broad SMARTS) is 1. The van der Waals surface area contributed by atoms with Crippen LogP contribution in [0.2, 0.25) is 5.02 Å². The Bertz CT molecular complexity index is 728. The topological polar surface area (TPSA) is 86.6 Å². The Hall–Kier alpha value is -2.53. The summed E-state index contributed by atoms with van der Waals surface area (Å²) in [6.07, 6.45) is 0. The van der Waals surface area contributed by atoms with Crippen molar-refractivity contribution >= 4 is 29.2 Å². The summed E-state index contributed by atoms with van der Waals surface area (Å²) in [6, 6.07) is 8.91. The van der Waals surface area contributed by atoms with E-state index < -0.39 is 11.9 Å². The standard InChI is InChI=1S/C15H12ClNO4/c1-8-3-2-4-11(13(8)18)14(19)17-9-5-6-10(15(20)21)12(16)7-9/h2-7,18H,1H3,(H,17,19)(H,20,21). The molecule has 0 saturated carbocycles. The Kier molecular flexibility index (Phi) is 4.14. The van der Waals surface area contributed by atoms with Gasteiger partial charge in [-0.05, 0) is 36.8 Å². The number of hydrogen-bond donors (Lipinski definition) is 3. The van der Waals surface area contributed by atoms with Crippen molar-refractivity contribution in [1.29, 1.82) is 0 Å². The van der Waals surface area contributed by atoms with Gasteiger partial charge in [-0.15, -0.1) is 0 Å². The molecule has 2 aromatic carbocycles. The minimum atomic E-state index is -1.14. The second kappa shape index (κ2) is 5.85. The van der Waals surface area contributed by atoms with Gasteiger partial charge in [-0.2, -0.15) is 0 Å². The molecule has 0 spiro atoms. The molecule has 0 aliphatic carbocycles. The molecule has 3 N–H and O–H groups in total. The summed E-state index contributed by atoms with van der Waals surface area (Å²) < 4.78 is 0. The number of phenolic OH excluding ortho intramolecular Hbond substituents is 1. The second-order valence-corrected chi connectivity index (χ2v) is 4.83. The van der Waals surface area contributed by atoms with Crippen LogP contribution in [0.15, 0.2) is 36.4 Å². The number of carbonyl (C=O) groups is 2. The molecule has 0 saturated heterocycles. The van der Waals surface area contributed by atoms with Crippen LogP contribution in [0.3, 0.4) is 0 Å². The number of amides is 1. The summed E-state index contributed by atoms with van der Waals surface area (Å²) in [4.78, 5) is 22.9. The average molecular weight is 306 g/mol. The van der Waals surface area contributed by atoms with Gasteiger partial charge in [0.1, 0.15) is 5.75 Å². The van der Waals surface area contributed by atoms with Gasteiger partial charge in [0.25, 0.3) is 5.91 Å². The molecule has 0 heterocycles. The maximum absolute atomic E-state index is 12.1. The largest absolute Gasteiger partial charge is 0.507 e. The molecule has 0 unspecified atom stereocenters. The number of halogens is 1. The third-order valence-corrected chi connectivity index (χ3v) is 3.25. The van der Waals surface area contributed by atoms with Gasteiger partial charge in [0.05, 0.1) is 16.1 Å². The van der Waals surface area contributed by atoms with Crippen LogP contribution >= 0.6 is 11.6 Å². The van der Waals surface area contributed by atoms with Gasteiger partial charge in [0, 0.05) is 5.69 Å². The Balaban J connectivity index is 2.26. The van der Waals surface area contributed by atoms with E-state index in [1.54, 1.807) is 19.1 Å². The molecule has 0 fully saturated rings. The number of benzene rings is 2. The summed E-state index contributed by atoms with van der Waals surface area (Å²) >= 11 is 5.83. The maximum atomic E-state index is 12.1. The Morgan fingerprint density at radius 2 is 1.86 bits per heavy atom. The van der Waals surface area contributed by atoms with Gasteiger partial charge in [-0.25, -0.2) is 4.79 Å². The van der Waals surface area contributed by atoms with Crippen molar-refractivity contribution in [2.45, 2.75) is 6.92 Å². The van der Waals surface area contributed by atoms with E-state index >= 15 is 0 Å². The number of carbonyl (C=O) groups excluding carboxylic acids is 1. The molecule has 108 valence electrons. The average Bonchev–Trinajstić information content (AvgIpc) is 2.41. The van der Waals surface area contributed by atoms with Crippen molar-refractivity contribution in [3.63, 3.8) is 0 Å². The van der Waals surface area contributed by atoms with E-state index in [1.807, 2.05) is 0 Å². The molecule has 0 aliphatic heterocycles. The van der Waals surface area contributed by atoms with Crippen LogP contribution in [0, 0.1) is 6.92 Å². The summed E-state index contributed by atoms with van der Waals surface area (Å²) in [5.41, 5.74) is 1.01. The highest BCUT2D eigenvalue weighted by Crippen LogP contribution is 2.24. The predicted octanol–water partition coefficient (Wildman–Crippen LogP) is 3.30. The highest BCUT2D eigenvalue weighted by Gasteiger charge is 2.14. The second-order valence-electron chi connectivity index (χ2n) is 4.42. The van der Waals surface area contributed by atoms with E-state index in [9.17, 15) is 14.7 Å². The molecule has 0 aromatic heterocycles. The molecular formula is C15H12ClNO4. The minimum Gasteiger partial charge on any atom is -0.507 e. The smallest absolute Gasteiger partial charge is 0.337 e. The number of hydrogen-bond acceptors (Lipinski definition) is 3. The van der Waals surface area contributed by atoms with E-state index in [0.29, 0.717) is 11.3 Å². The molecule has 0 aliphatic rings. The van der Waals surface area contributed by atoms with Crippen molar-refractivity contribution in [2.24, 2.45) is 0 Å². The lowest BCUT2D eigenvalue weighted by molar-refractivity contribution is 0.0697. The lowest BCUT2D eigenvalue weighted by atomic mass is 10.1. The lowest BCUT2D eigenvalue weighted by Gasteiger charge is -2.09. The van der Waals surface area contributed by atoms with Gasteiger partial charge >= 0.3 is 5.97 Å². The van der Waals surface area contributed by atoms with Crippen LogP contribution < -0.4 is 5.32 Å². The number of anilines is 1. The summed E-state index contributed by atoms with van der Waals surface area (Å²) in [7, 11) is 0. The predicted molar refractivity (Wildman–Crippen MR) is 79.2 cm³/mol. The van der Waals surface area contributed by atoms with Crippen molar-refractivity contribution in [3.05, 3.63) is 58.1 Å². The Morgan fingerprint density at radius 3 is 2.48 bits per heavy atom. The van der Waals surface area contributed by atoms with Crippen molar-refractivity contribution in [3.8, 4) is 5.75 Å². The van der Waals surface area contributed by atoms with Crippen LogP contribution in [0.1, 0.15) is 26.3 Å². The van der Waals surface area contributed by atoms with Gasteiger partial charge < -0.3 is 15.5 Å². The van der Waals surface area contributed by atoms with Crippen molar-refractivity contribution in [1.82, 2.24) is 0 Å². The van der Waals surface area contributed by atoms with E-state index in [0.717, 1.165) is 0 Å². The summed E-state index contributed by atoms with van der Waals surface area (Å²) in [6.45, 7) is 1.69. The molecule has 21 heavy (non-hydrogen) atoms. The fraction of sp³-hybridized carbons (Fsp3) is 0.0667. The van der Waals surface area contributed by atoms with Crippen LogP contribution in [-0.2, 0) is 0 Å². The van der Waals surface area contributed by atoms with Crippen LogP contribution in [0.25, 0.3) is 0 Å². The zero-order valence-corrected chi connectivity index (χ0v) is 11.8. The quantitative estimate of drug-likeness (QED) is 0.812. The zero-order chi connectivity index (χ0) is 15.6. The first-order valence-corrected chi connectivity index (χ1v) is 6.40. The minimum absolute atomic E-state index is 0.0220. The number of rotatable bonds is 3. The molecular weight excluding hydrogens is 294 g/mol. The molecule has 0 bridgehead atoms. The number of aromatic carboxylic acids is 1. The molecule has 2 rings (SSSR count). The zero-order valence-electron chi connectivity index (χ0n) is 11.1. The number of aryl methyl sites for hydroxylation is 1. The van der Waals surface area contributed by atoms with Crippen LogP contribution in [-0.4, -0.2) is 22.1 Å². The molecule has 1 amide bonds. The summed E-state index contributed by atoms with van der Waals surface area (Å²) in [5, 5.41) is 21.3. The van der Waals surface area contributed by atoms with Crippen molar-refractivity contribution < 1.29 is 19.8 Å². The molecule has 6 heteroatoms. The van der Waals surface area contributed by atoms with E-state index in [4.69, 9.17) is 16.7 Å². The first-order valence-electron chi connectivity index (χ1n) is 6.03. The fourth-order valence-electron chi connectivity index (χ4n) is 1.81. The Labute approximate surface area is 125 Å². The Morgan fingerprint density at radius 1 is 1.14 bits per heavy atom. The molecule has 5 nitrogen and oxygen atoms in total. The van der Waals surface area contributed by atoms with Gasteiger partial charge in [0.15, 0.2) is 0 Å². The van der Waals surface area contributed by atoms with Gasteiger partial charge in [-0.1, -0.05) is 23.7 Å². The molecule has 2 aromatic rings. The van der Waals surface area contributed by atoms with E-state index in [2.05, 4.69) is 5.32 Å². The maximum Gasteiger partial charge on any atom is 0.337 e. The molecule has 0 radical (unpaired) electrons. The highest BCUT2D eigenvalue weighted by molar-refractivity contribution is 6.33. The number of nitrogens with one attached hydrogen (secondary N) is 1. The lowest BCUT2D eigenvalue weighted by Crippen LogP contribution is -2.12. The van der Waals surface area contributed by atoms with Gasteiger partial charge in [0.2, 0.25) is 0 Å². The fourth-order valence-corrected chi connectivity index (χ4v) is 2.07. The van der Waals surface area contributed by atoms with Crippen LogP contribution in [0.5, 0.6) is 5.75 Å². The first kappa shape index (κ1) is 14.9. The number of phenols is 1.